The number of nitrogens with zero attached hydrogens (tertiary/aromatic N) is 1. The van der Waals surface area contributed by atoms with Crippen LogP contribution in [-0.2, 0) is 9.59 Å². The van der Waals surface area contributed by atoms with Crippen molar-refractivity contribution in [1.29, 1.82) is 0 Å². The van der Waals surface area contributed by atoms with Crippen LogP contribution in [0.4, 0.5) is 4.79 Å². The summed E-state index contributed by atoms with van der Waals surface area (Å²) >= 11 is 0. The van der Waals surface area contributed by atoms with Crippen molar-refractivity contribution in [3.63, 3.8) is 0 Å². The standard InChI is InChI=1S/C14H23N3O4/c1-13(2)10(18)15-8-9-17(13)12(21)16-14(11(19)20)6-4-3-5-7-14/h3-9H2,1-2H3,(H,15,18)(H,16,21)(H,19,20). The number of carbonyl (C=O) groups is 3. The van der Waals surface area contributed by atoms with Crippen LogP contribution in [0.25, 0.3) is 0 Å². The van der Waals surface area contributed by atoms with Crippen LogP contribution in [0.3, 0.4) is 0 Å². The molecule has 0 aromatic heterocycles. The van der Waals surface area contributed by atoms with E-state index in [0.29, 0.717) is 25.9 Å². The minimum absolute atomic E-state index is 0.225. The fourth-order valence-corrected chi connectivity index (χ4v) is 3.07. The summed E-state index contributed by atoms with van der Waals surface area (Å²) in [4.78, 5) is 37.4. The molecule has 1 aliphatic heterocycles. The van der Waals surface area contributed by atoms with Gasteiger partial charge in [-0.1, -0.05) is 19.3 Å². The number of carbonyl (C=O) groups excluding carboxylic acids is 2. The fraction of sp³-hybridized carbons (Fsp3) is 0.786. The zero-order chi connectivity index (χ0) is 15.7. The molecule has 2 fully saturated rings. The van der Waals surface area contributed by atoms with Gasteiger partial charge in [-0.3, -0.25) is 4.79 Å². The number of amides is 3. The molecule has 21 heavy (non-hydrogen) atoms. The molecule has 2 rings (SSSR count). The number of piperazine rings is 1. The van der Waals surface area contributed by atoms with Crippen molar-refractivity contribution in [2.24, 2.45) is 0 Å². The van der Waals surface area contributed by atoms with Crippen molar-refractivity contribution in [3.05, 3.63) is 0 Å². The lowest BCUT2D eigenvalue weighted by atomic mass is 9.81. The molecule has 0 radical (unpaired) electrons. The molecule has 1 saturated heterocycles. The van der Waals surface area contributed by atoms with Crippen molar-refractivity contribution in [2.75, 3.05) is 13.1 Å². The number of carboxylic acid groups (broad SMARTS) is 1. The van der Waals surface area contributed by atoms with Gasteiger partial charge in [0.15, 0.2) is 0 Å². The van der Waals surface area contributed by atoms with Crippen LogP contribution in [0, 0.1) is 0 Å². The number of carboxylic acids is 1. The van der Waals surface area contributed by atoms with Gasteiger partial charge in [-0.2, -0.15) is 0 Å². The Labute approximate surface area is 124 Å². The average Bonchev–Trinajstić information content (AvgIpc) is 2.42. The van der Waals surface area contributed by atoms with Crippen LogP contribution in [-0.4, -0.2) is 52.1 Å². The molecule has 1 saturated carbocycles. The maximum atomic E-state index is 12.5. The van der Waals surface area contributed by atoms with Crippen LogP contribution < -0.4 is 10.6 Å². The Morgan fingerprint density at radius 2 is 1.86 bits per heavy atom. The maximum Gasteiger partial charge on any atom is 0.329 e. The molecule has 0 atom stereocenters. The van der Waals surface area contributed by atoms with E-state index in [1.807, 2.05) is 0 Å². The Hall–Kier alpha value is -1.79. The zero-order valence-corrected chi connectivity index (χ0v) is 12.6. The largest absolute Gasteiger partial charge is 0.480 e. The lowest BCUT2D eigenvalue weighted by Gasteiger charge is -2.43. The van der Waals surface area contributed by atoms with Gasteiger partial charge in [-0.05, 0) is 26.7 Å². The van der Waals surface area contributed by atoms with Gasteiger partial charge in [0.05, 0.1) is 0 Å². The Morgan fingerprint density at radius 1 is 1.24 bits per heavy atom. The topological polar surface area (TPSA) is 98.7 Å². The molecule has 1 aliphatic carbocycles. The van der Waals surface area contributed by atoms with Gasteiger partial charge in [-0.25, -0.2) is 9.59 Å². The number of nitrogens with one attached hydrogen (secondary N) is 2. The Kier molecular flexibility index (Phi) is 4.11. The van der Waals surface area contributed by atoms with E-state index in [1.165, 1.54) is 4.90 Å². The normalized spacial score (nSPS) is 24.1. The summed E-state index contributed by atoms with van der Waals surface area (Å²) in [7, 11) is 0. The summed E-state index contributed by atoms with van der Waals surface area (Å²) in [5.74, 6) is -1.22. The molecule has 7 nitrogen and oxygen atoms in total. The van der Waals surface area contributed by atoms with Gasteiger partial charge in [0, 0.05) is 13.1 Å². The molecule has 0 bridgehead atoms. The summed E-state index contributed by atoms with van der Waals surface area (Å²) in [5.41, 5.74) is -2.17. The molecule has 3 amide bonds. The first-order valence-electron chi connectivity index (χ1n) is 7.41. The van der Waals surface area contributed by atoms with Gasteiger partial charge in [-0.15, -0.1) is 0 Å². The highest BCUT2D eigenvalue weighted by Crippen LogP contribution is 2.29. The van der Waals surface area contributed by atoms with Crippen molar-refractivity contribution < 1.29 is 19.5 Å². The highest BCUT2D eigenvalue weighted by atomic mass is 16.4. The number of aliphatic carboxylic acids is 1. The summed E-state index contributed by atoms with van der Waals surface area (Å²) in [6, 6.07) is -0.473. The first-order chi connectivity index (χ1) is 9.79. The minimum Gasteiger partial charge on any atom is -0.480 e. The summed E-state index contributed by atoms with van der Waals surface area (Å²) in [6.07, 6.45) is 3.44. The molecule has 3 N–H and O–H groups in total. The zero-order valence-electron chi connectivity index (χ0n) is 12.6. The molecule has 0 aromatic rings. The molecule has 1 heterocycles. The van der Waals surface area contributed by atoms with Gasteiger partial charge < -0.3 is 20.6 Å². The number of hydrogen-bond acceptors (Lipinski definition) is 3. The van der Waals surface area contributed by atoms with E-state index in [4.69, 9.17) is 0 Å². The highest BCUT2D eigenvalue weighted by Gasteiger charge is 2.46. The molecule has 2 aliphatic rings. The van der Waals surface area contributed by atoms with E-state index >= 15 is 0 Å². The smallest absolute Gasteiger partial charge is 0.329 e. The molecular formula is C14H23N3O4. The Bertz CT molecular complexity index is 455. The summed E-state index contributed by atoms with van der Waals surface area (Å²) < 4.78 is 0. The lowest BCUT2D eigenvalue weighted by Crippen LogP contribution is -2.68. The molecule has 7 heteroatoms. The van der Waals surface area contributed by atoms with Crippen LogP contribution >= 0.6 is 0 Å². The second-order valence-corrected chi connectivity index (χ2v) is 6.34. The third-order valence-corrected chi connectivity index (χ3v) is 4.56. The van der Waals surface area contributed by atoms with Crippen LogP contribution in [0.2, 0.25) is 0 Å². The van der Waals surface area contributed by atoms with Crippen LogP contribution in [0.1, 0.15) is 46.0 Å². The van der Waals surface area contributed by atoms with E-state index in [2.05, 4.69) is 10.6 Å². The van der Waals surface area contributed by atoms with Gasteiger partial charge in [0.25, 0.3) is 0 Å². The predicted molar refractivity (Wildman–Crippen MR) is 75.8 cm³/mol. The van der Waals surface area contributed by atoms with E-state index in [0.717, 1.165) is 19.3 Å². The second kappa shape index (κ2) is 5.54. The monoisotopic (exact) mass is 297 g/mol. The summed E-state index contributed by atoms with van der Waals surface area (Å²) in [5, 5.41) is 14.9. The molecule has 0 aromatic carbocycles. The quantitative estimate of drug-likeness (QED) is 0.698. The minimum atomic E-state index is -1.20. The van der Waals surface area contributed by atoms with Crippen molar-refractivity contribution >= 4 is 17.9 Å². The molecule has 0 spiro atoms. The third kappa shape index (κ3) is 2.82. The SMILES string of the molecule is CC1(C)C(=O)NCCN1C(=O)NC1(C(=O)O)CCCCC1. The van der Waals surface area contributed by atoms with E-state index in [9.17, 15) is 19.5 Å². The molecule has 118 valence electrons. The number of rotatable bonds is 2. The second-order valence-electron chi connectivity index (χ2n) is 6.34. The number of urea groups is 1. The first kappa shape index (κ1) is 15.6. The van der Waals surface area contributed by atoms with Crippen molar-refractivity contribution in [3.8, 4) is 0 Å². The van der Waals surface area contributed by atoms with Crippen LogP contribution in [0.5, 0.6) is 0 Å². The van der Waals surface area contributed by atoms with E-state index in [-0.39, 0.29) is 5.91 Å². The predicted octanol–water partition coefficient (Wildman–Crippen LogP) is 0.694. The Morgan fingerprint density at radius 3 is 2.43 bits per heavy atom. The number of hydrogen-bond donors (Lipinski definition) is 3. The van der Waals surface area contributed by atoms with E-state index in [1.54, 1.807) is 13.8 Å². The maximum absolute atomic E-state index is 12.5. The van der Waals surface area contributed by atoms with E-state index < -0.39 is 23.1 Å². The first-order valence-corrected chi connectivity index (χ1v) is 7.41. The van der Waals surface area contributed by atoms with Gasteiger partial charge in [0.1, 0.15) is 11.1 Å². The third-order valence-electron chi connectivity index (χ3n) is 4.56. The fourth-order valence-electron chi connectivity index (χ4n) is 3.07. The van der Waals surface area contributed by atoms with Crippen LogP contribution in [0.15, 0.2) is 0 Å². The molecule has 0 unspecified atom stereocenters. The van der Waals surface area contributed by atoms with Gasteiger partial charge in [0.2, 0.25) is 5.91 Å². The molecular weight excluding hydrogens is 274 g/mol. The highest BCUT2D eigenvalue weighted by molar-refractivity contribution is 5.93. The lowest BCUT2D eigenvalue weighted by molar-refractivity contribution is -0.146. The Balaban J connectivity index is 2.15. The average molecular weight is 297 g/mol. The van der Waals surface area contributed by atoms with Crippen molar-refractivity contribution in [2.45, 2.75) is 57.0 Å². The van der Waals surface area contributed by atoms with Gasteiger partial charge >= 0.3 is 12.0 Å². The summed E-state index contributed by atoms with van der Waals surface area (Å²) in [6.45, 7) is 4.08. The van der Waals surface area contributed by atoms with Crippen molar-refractivity contribution in [1.82, 2.24) is 15.5 Å².